The summed E-state index contributed by atoms with van der Waals surface area (Å²) < 4.78 is 5.77. The second-order valence-electron chi connectivity index (χ2n) is 8.78. The number of amides is 1. The number of benzene rings is 2. The Morgan fingerprint density at radius 3 is 2.44 bits per heavy atom. The molecule has 0 aliphatic carbocycles. The predicted molar refractivity (Wildman–Crippen MR) is 145 cm³/mol. The van der Waals surface area contributed by atoms with Gasteiger partial charge in [-0.15, -0.1) is 0 Å². The van der Waals surface area contributed by atoms with E-state index in [4.69, 9.17) is 27.9 Å². The quantitative estimate of drug-likeness (QED) is 0.150. The van der Waals surface area contributed by atoms with Gasteiger partial charge in [0.05, 0.1) is 28.3 Å². The van der Waals surface area contributed by atoms with Crippen LogP contribution in [0.4, 0.5) is 0 Å². The van der Waals surface area contributed by atoms with Crippen LogP contribution in [0.1, 0.15) is 57.2 Å². The Labute approximate surface area is 223 Å². The maximum Gasteiger partial charge on any atom is 0.295 e. The van der Waals surface area contributed by atoms with Gasteiger partial charge < -0.3 is 19.6 Å². The minimum atomic E-state index is -0.777. The Hall–Kier alpha value is -2.54. The van der Waals surface area contributed by atoms with E-state index in [-0.39, 0.29) is 11.3 Å². The molecule has 1 heterocycles. The molecule has 0 saturated carbocycles. The maximum absolute atomic E-state index is 13.3. The van der Waals surface area contributed by atoms with E-state index in [1.54, 1.807) is 42.5 Å². The number of ketones is 1. The molecule has 1 fully saturated rings. The summed E-state index contributed by atoms with van der Waals surface area (Å²) >= 11 is 12.4. The standard InChI is InChI=1S/C28H34Cl2N2O4/c1-4-7-16-36-21-11-8-10-20(17-21)26(33)24-25(19-12-13-22(29)23(30)18-19)32(28(35)27(24)34)15-9-14-31(5-2)6-3/h8,10-13,17-18,25,33H,4-7,9,14-16H2,1-3H3/b26-24+. The lowest BCUT2D eigenvalue weighted by Gasteiger charge is -2.27. The minimum Gasteiger partial charge on any atom is -0.507 e. The van der Waals surface area contributed by atoms with Gasteiger partial charge in [-0.05, 0) is 62.3 Å². The van der Waals surface area contributed by atoms with Crippen molar-refractivity contribution in [1.29, 1.82) is 0 Å². The Balaban J connectivity index is 2.02. The number of halogens is 2. The van der Waals surface area contributed by atoms with E-state index in [0.29, 0.717) is 46.5 Å². The molecule has 1 amide bonds. The van der Waals surface area contributed by atoms with Gasteiger partial charge in [-0.1, -0.05) is 68.6 Å². The van der Waals surface area contributed by atoms with Crippen molar-refractivity contribution in [3.63, 3.8) is 0 Å². The third-order valence-electron chi connectivity index (χ3n) is 6.44. The topological polar surface area (TPSA) is 70.1 Å². The third kappa shape index (κ3) is 6.41. The SMILES string of the molecule is CCCCOc1cccc(/C(O)=C2\C(=O)C(=O)N(CCCN(CC)CC)C2c2ccc(Cl)c(Cl)c2)c1. The molecule has 0 spiro atoms. The molecule has 2 aromatic carbocycles. The molecule has 1 aliphatic heterocycles. The zero-order valence-electron chi connectivity index (χ0n) is 21.1. The minimum absolute atomic E-state index is 0.0342. The molecule has 2 aromatic rings. The average Bonchev–Trinajstić information content (AvgIpc) is 3.13. The maximum atomic E-state index is 13.3. The van der Waals surface area contributed by atoms with Gasteiger partial charge in [0.25, 0.3) is 11.7 Å². The first-order valence-electron chi connectivity index (χ1n) is 12.5. The number of aliphatic hydroxyl groups is 1. The highest BCUT2D eigenvalue weighted by molar-refractivity contribution is 6.46. The first kappa shape index (κ1) is 28.0. The van der Waals surface area contributed by atoms with E-state index in [2.05, 4.69) is 25.7 Å². The fourth-order valence-electron chi connectivity index (χ4n) is 4.37. The van der Waals surface area contributed by atoms with Crippen LogP contribution in [0.3, 0.4) is 0 Å². The Morgan fingerprint density at radius 2 is 1.78 bits per heavy atom. The van der Waals surface area contributed by atoms with Crippen LogP contribution >= 0.6 is 23.2 Å². The van der Waals surface area contributed by atoms with E-state index >= 15 is 0 Å². The molecule has 1 N–H and O–H groups in total. The van der Waals surface area contributed by atoms with E-state index in [0.717, 1.165) is 32.5 Å². The summed E-state index contributed by atoms with van der Waals surface area (Å²) in [5.41, 5.74) is 1.06. The van der Waals surface area contributed by atoms with Crippen molar-refractivity contribution in [2.75, 3.05) is 32.8 Å². The van der Waals surface area contributed by atoms with Gasteiger partial charge in [0.2, 0.25) is 0 Å². The monoisotopic (exact) mass is 532 g/mol. The Morgan fingerprint density at radius 1 is 1.03 bits per heavy atom. The second-order valence-corrected chi connectivity index (χ2v) is 9.59. The smallest absolute Gasteiger partial charge is 0.295 e. The van der Waals surface area contributed by atoms with Crippen LogP contribution in [0.15, 0.2) is 48.0 Å². The third-order valence-corrected chi connectivity index (χ3v) is 7.18. The lowest BCUT2D eigenvalue weighted by atomic mass is 9.95. The summed E-state index contributed by atoms with van der Waals surface area (Å²) in [5, 5.41) is 12.0. The molecule has 0 bridgehead atoms. The van der Waals surface area contributed by atoms with Gasteiger partial charge in [-0.25, -0.2) is 0 Å². The molecule has 1 unspecified atom stereocenters. The van der Waals surface area contributed by atoms with Gasteiger partial charge in [-0.2, -0.15) is 0 Å². The van der Waals surface area contributed by atoms with Crippen LogP contribution in [0.2, 0.25) is 10.0 Å². The summed E-state index contributed by atoms with van der Waals surface area (Å²) in [6.45, 7) is 9.78. The summed E-state index contributed by atoms with van der Waals surface area (Å²) in [4.78, 5) is 30.2. The highest BCUT2D eigenvalue weighted by Crippen LogP contribution is 2.41. The van der Waals surface area contributed by atoms with Crippen LogP contribution < -0.4 is 4.74 Å². The molecule has 6 nitrogen and oxygen atoms in total. The zero-order valence-corrected chi connectivity index (χ0v) is 22.6. The van der Waals surface area contributed by atoms with Crippen LogP contribution in [0, 0.1) is 0 Å². The van der Waals surface area contributed by atoms with E-state index in [1.807, 2.05) is 0 Å². The molecular weight excluding hydrogens is 499 g/mol. The number of Topliss-reactive ketones (excluding diaryl/α,β-unsaturated/α-hetero) is 1. The van der Waals surface area contributed by atoms with Crippen molar-refractivity contribution in [3.05, 3.63) is 69.2 Å². The molecule has 1 atom stereocenters. The van der Waals surface area contributed by atoms with Crippen molar-refractivity contribution in [2.24, 2.45) is 0 Å². The van der Waals surface area contributed by atoms with Crippen molar-refractivity contribution in [2.45, 2.75) is 46.1 Å². The van der Waals surface area contributed by atoms with Crippen LogP contribution in [0.25, 0.3) is 5.76 Å². The number of aliphatic hydroxyl groups excluding tert-OH is 1. The normalized spacial score (nSPS) is 17.3. The predicted octanol–water partition coefficient (Wildman–Crippen LogP) is 6.33. The van der Waals surface area contributed by atoms with Gasteiger partial charge in [0.1, 0.15) is 11.5 Å². The number of carbonyl (C=O) groups excluding carboxylic acids is 2. The van der Waals surface area contributed by atoms with Crippen molar-refractivity contribution < 1.29 is 19.4 Å². The molecule has 1 saturated heterocycles. The fourth-order valence-corrected chi connectivity index (χ4v) is 4.67. The molecular formula is C28H34Cl2N2O4. The zero-order chi connectivity index (χ0) is 26.2. The summed E-state index contributed by atoms with van der Waals surface area (Å²) in [6, 6.07) is 11.2. The van der Waals surface area contributed by atoms with Crippen molar-refractivity contribution >= 4 is 40.7 Å². The molecule has 1 aliphatic rings. The molecule has 8 heteroatoms. The number of hydrogen-bond donors (Lipinski definition) is 1. The van der Waals surface area contributed by atoms with Crippen LogP contribution in [-0.2, 0) is 9.59 Å². The van der Waals surface area contributed by atoms with Gasteiger partial charge in [-0.3, -0.25) is 9.59 Å². The van der Waals surface area contributed by atoms with Crippen molar-refractivity contribution in [3.8, 4) is 5.75 Å². The molecule has 0 aromatic heterocycles. The number of carbonyl (C=O) groups is 2. The van der Waals surface area contributed by atoms with Crippen molar-refractivity contribution in [1.82, 2.24) is 9.80 Å². The lowest BCUT2D eigenvalue weighted by Crippen LogP contribution is -2.33. The van der Waals surface area contributed by atoms with Gasteiger partial charge in [0.15, 0.2) is 0 Å². The van der Waals surface area contributed by atoms with Crippen LogP contribution in [-0.4, -0.2) is 59.4 Å². The highest BCUT2D eigenvalue weighted by atomic mass is 35.5. The molecule has 3 rings (SSSR count). The fraction of sp³-hybridized carbons (Fsp3) is 0.429. The molecule has 36 heavy (non-hydrogen) atoms. The first-order valence-corrected chi connectivity index (χ1v) is 13.3. The number of likely N-dealkylation sites (tertiary alicyclic amines) is 1. The number of nitrogens with zero attached hydrogens (tertiary/aromatic N) is 2. The van der Waals surface area contributed by atoms with Gasteiger partial charge >= 0.3 is 0 Å². The molecule has 194 valence electrons. The number of rotatable bonds is 12. The Kier molecular flexibility index (Phi) is 10.2. The van der Waals surface area contributed by atoms with E-state index < -0.39 is 17.7 Å². The average molecular weight is 533 g/mol. The molecule has 0 radical (unpaired) electrons. The number of unbranched alkanes of at least 4 members (excludes halogenated alkanes) is 1. The van der Waals surface area contributed by atoms with Gasteiger partial charge in [0, 0.05) is 12.1 Å². The largest absolute Gasteiger partial charge is 0.507 e. The summed E-state index contributed by atoms with van der Waals surface area (Å²) in [6.07, 6.45) is 2.60. The summed E-state index contributed by atoms with van der Waals surface area (Å²) in [5.74, 6) is -1.00. The highest BCUT2D eigenvalue weighted by Gasteiger charge is 2.46. The van der Waals surface area contributed by atoms with E-state index in [9.17, 15) is 14.7 Å². The first-order chi connectivity index (χ1) is 17.3. The number of ether oxygens (including phenoxy) is 1. The Bertz CT molecular complexity index is 1110. The lowest BCUT2D eigenvalue weighted by molar-refractivity contribution is -0.140. The van der Waals surface area contributed by atoms with E-state index in [1.165, 1.54) is 4.90 Å². The summed E-state index contributed by atoms with van der Waals surface area (Å²) in [7, 11) is 0. The second kappa shape index (κ2) is 13.1. The van der Waals surface area contributed by atoms with Crippen LogP contribution in [0.5, 0.6) is 5.75 Å². The number of hydrogen-bond acceptors (Lipinski definition) is 5.